The maximum absolute atomic E-state index is 14.0. The molecule has 1 unspecified atom stereocenters. The average molecular weight is 324 g/mol. The van der Waals surface area contributed by atoms with Crippen molar-refractivity contribution in [1.29, 1.82) is 0 Å². The molecule has 1 aromatic carbocycles. The van der Waals surface area contributed by atoms with Gasteiger partial charge in [-0.2, -0.15) is 0 Å². The van der Waals surface area contributed by atoms with E-state index in [4.69, 9.17) is 5.11 Å². The fourth-order valence-electron chi connectivity index (χ4n) is 1.87. The second kappa shape index (κ2) is 7.71. The number of carbonyl (C=O) groups excluding carboxylic acids is 2. The van der Waals surface area contributed by atoms with Crippen LogP contribution in [0.1, 0.15) is 37.6 Å². The lowest BCUT2D eigenvalue weighted by molar-refractivity contribution is -0.141. The van der Waals surface area contributed by atoms with Crippen molar-refractivity contribution in [3.05, 3.63) is 29.6 Å². The van der Waals surface area contributed by atoms with Crippen molar-refractivity contribution in [2.24, 2.45) is 5.92 Å². The zero-order valence-corrected chi connectivity index (χ0v) is 13.6. The molecule has 0 saturated carbocycles. The molecule has 0 bridgehead atoms. The molecule has 0 aliphatic rings. The second-order valence-corrected chi connectivity index (χ2v) is 5.77. The minimum Gasteiger partial charge on any atom is -0.480 e. The number of carboxylic acid groups (broad SMARTS) is 1. The number of likely N-dealkylation sites (N-methyl/N-ethyl adjacent to an activating group) is 1. The van der Waals surface area contributed by atoms with Crippen molar-refractivity contribution in [3.8, 4) is 0 Å². The first-order chi connectivity index (χ1) is 10.6. The minimum absolute atomic E-state index is 0.0128. The molecule has 0 aliphatic heterocycles. The summed E-state index contributed by atoms with van der Waals surface area (Å²) in [7, 11) is 1.33. The van der Waals surface area contributed by atoms with Crippen molar-refractivity contribution < 1.29 is 23.9 Å². The number of benzene rings is 1. The summed E-state index contributed by atoms with van der Waals surface area (Å²) >= 11 is 0. The van der Waals surface area contributed by atoms with E-state index in [-0.39, 0.29) is 29.5 Å². The number of anilines is 1. The summed E-state index contributed by atoms with van der Waals surface area (Å²) in [5, 5.41) is 11.3. The highest BCUT2D eigenvalue weighted by Crippen LogP contribution is 2.18. The van der Waals surface area contributed by atoms with Crippen LogP contribution < -0.4 is 5.32 Å². The van der Waals surface area contributed by atoms with Gasteiger partial charge in [-0.1, -0.05) is 13.8 Å². The SMILES string of the molecule is CC(C)CC(=O)Nc1ccc(C(=O)N(C)C(C)C(=O)O)cc1F. The molecule has 126 valence electrons. The van der Waals surface area contributed by atoms with Crippen LogP contribution in [-0.2, 0) is 9.59 Å². The number of carbonyl (C=O) groups is 3. The number of rotatable bonds is 6. The number of nitrogens with zero attached hydrogens (tertiary/aromatic N) is 1. The Labute approximate surface area is 134 Å². The highest BCUT2D eigenvalue weighted by Gasteiger charge is 2.23. The van der Waals surface area contributed by atoms with Gasteiger partial charge in [-0.3, -0.25) is 9.59 Å². The summed E-state index contributed by atoms with van der Waals surface area (Å²) in [4.78, 5) is 35.7. The average Bonchev–Trinajstić information content (AvgIpc) is 2.46. The summed E-state index contributed by atoms with van der Waals surface area (Å²) < 4.78 is 14.0. The van der Waals surface area contributed by atoms with Crippen molar-refractivity contribution >= 4 is 23.5 Å². The molecule has 1 aromatic rings. The van der Waals surface area contributed by atoms with Gasteiger partial charge in [0, 0.05) is 19.0 Å². The van der Waals surface area contributed by atoms with Gasteiger partial charge in [0.1, 0.15) is 11.9 Å². The number of carboxylic acids is 1. The largest absolute Gasteiger partial charge is 0.480 e. The third-order valence-electron chi connectivity index (χ3n) is 3.34. The predicted octanol–water partition coefficient (Wildman–Crippen LogP) is 2.36. The lowest BCUT2D eigenvalue weighted by atomic mass is 10.1. The molecule has 0 heterocycles. The third kappa shape index (κ3) is 5.05. The van der Waals surface area contributed by atoms with Crippen LogP contribution in [0.3, 0.4) is 0 Å². The fourth-order valence-corrected chi connectivity index (χ4v) is 1.87. The molecular weight excluding hydrogens is 303 g/mol. The van der Waals surface area contributed by atoms with Crippen LogP contribution in [0.25, 0.3) is 0 Å². The van der Waals surface area contributed by atoms with E-state index in [0.29, 0.717) is 0 Å². The van der Waals surface area contributed by atoms with Gasteiger partial charge in [-0.25, -0.2) is 9.18 Å². The van der Waals surface area contributed by atoms with Gasteiger partial charge in [0.05, 0.1) is 5.69 Å². The van der Waals surface area contributed by atoms with Crippen LogP contribution in [0.4, 0.5) is 10.1 Å². The summed E-state index contributed by atoms with van der Waals surface area (Å²) in [5.74, 6) is -2.68. The Balaban J connectivity index is 2.89. The Bertz CT molecular complexity index is 616. The normalized spacial score (nSPS) is 11.9. The van der Waals surface area contributed by atoms with E-state index in [2.05, 4.69) is 5.32 Å². The molecule has 0 aromatic heterocycles. The van der Waals surface area contributed by atoms with Crippen molar-refractivity contribution in [1.82, 2.24) is 4.90 Å². The summed E-state index contributed by atoms with van der Waals surface area (Å²) in [6, 6.07) is 2.59. The van der Waals surface area contributed by atoms with E-state index < -0.39 is 23.7 Å². The first kappa shape index (κ1) is 18.6. The van der Waals surface area contributed by atoms with E-state index in [1.807, 2.05) is 13.8 Å². The maximum atomic E-state index is 14.0. The van der Waals surface area contributed by atoms with Gasteiger partial charge in [-0.05, 0) is 31.0 Å². The Morgan fingerprint density at radius 1 is 1.26 bits per heavy atom. The summed E-state index contributed by atoms with van der Waals surface area (Å²) in [6.45, 7) is 5.10. The minimum atomic E-state index is -1.15. The molecule has 23 heavy (non-hydrogen) atoms. The number of halogens is 1. The molecule has 2 N–H and O–H groups in total. The zero-order valence-electron chi connectivity index (χ0n) is 13.6. The topological polar surface area (TPSA) is 86.7 Å². The summed E-state index contributed by atoms with van der Waals surface area (Å²) in [5.41, 5.74) is 0.00101. The first-order valence-electron chi connectivity index (χ1n) is 7.22. The number of nitrogens with one attached hydrogen (secondary N) is 1. The van der Waals surface area contributed by atoms with Crippen molar-refractivity contribution in [2.45, 2.75) is 33.2 Å². The third-order valence-corrected chi connectivity index (χ3v) is 3.34. The lowest BCUT2D eigenvalue weighted by Crippen LogP contribution is -2.40. The van der Waals surface area contributed by atoms with Gasteiger partial charge in [0.2, 0.25) is 5.91 Å². The molecule has 0 spiro atoms. The highest BCUT2D eigenvalue weighted by molar-refractivity contribution is 5.97. The molecule has 0 aliphatic carbocycles. The molecule has 2 amide bonds. The van der Waals surface area contributed by atoms with Crippen molar-refractivity contribution in [2.75, 3.05) is 12.4 Å². The molecule has 7 heteroatoms. The molecule has 1 rings (SSSR count). The standard InChI is InChI=1S/C16H21FN2O4/c1-9(2)7-14(20)18-13-6-5-11(8-12(13)17)15(21)19(4)10(3)16(22)23/h5-6,8-10H,7H2,1-4H3,(H,18,20)(H,22,23). The van der Waals surface area contributed by atoms with Gasteiger partial charge >= 0.3 is 5.97 Å². The second-order valence-electron chi connectivity index (χ2n) is 5.77. The number of amides is 2. The monoisotopic (exact) mass is 324 g/mol. The molecular formula is C16H21FN2O4. The maximum Gasteiger partial charge on any atom is 0.326 e. The van der Waals surface area contributed by atoms with Crippen LogP contribution in [-0.4, -0.2) is 40.9 Å². The van der Waals surface area contributed by atoms with Gasteiger partial charge in [0.15, 0.2) is 0 Å². The highest BCUT2D eigenvalue weighted by atomic mass is 19.1. The Morgan fingerprint density at radius 2 is 1.87 bits per heavy atom. The smallest absolute Gasteiger partial charge is 0.326 e. The Morgan fingerprint density at radius 3 is 2.35 bits per heavy atom. The molecule has 0 radical (unpaired) electrons. The van der Waals surface area contributed by atoms with Crippen molar-refractivity contribution in [3.63, 3.8) is 0 Å². The lowest BCUT2D eigenvalue weighted by Gasteiger charge is -2.21. The van der Waals surface area contributed by atoms with Crippen LogP contribution in [0.15, 0.2) is 18.2 Å². The zero-order chi connectivity index (χ0) is 17.7. The van der Waals surface area contributed by atoms with E-state index in [1.165, 1.54) is 26.1 Å². The Hall–Kier alpha value is -2.44. The van der Waals surface area contributed by atoms with Gasteiger partial charge in [-0.15, -0.1) is 0 Å². The van der Waals surface area contributed by atoms with E-state index in [1.54, 1.807) is 0 Å². The molecule has 0 saturated heterocycles. The Kier molecular flexibility index (Phi) is 6.24. The van der Waals surface area contributed by atoms with Gasteiger partial charge in [0.25, 0.3) is 5.91 Å². The summed E-state index contributed by atoms with van der Waals surface area (Å²) in [6.07, 6.45) is 0.263. The first-order valence-corrected chi connectivity index (χ1v) is 7.22. The van der Waals surface area contributed by atoms with E-state index in [9.17, 15) is 18.8 Å². The van der Waals surface area contributed by atoms with E-state index in [0.717, 1.165) is 11.0 Å². The predicted molar refractivity (Wildman–Crippen MR) is 83.7 cm³/mol. The fraction of sp³-hybridized carbons (Fsp3) is 0.438. The van der Waals surface area contributed by atoms with E-state index >= 15 is 0 Å². The number of hydrogen-bond acceptors (Lipinski definition) is 3. The number of aliphatic carboxylic acids is 1. The van der Waals surface area contributed by atoms with Crippen LogP contribution >= 0.6 is 0 Å². The molecule has 6 nitrogen and oxygen atoms in total. The molecule has 1 atom stereocenters. The van der Waals surface area contributed by atoms with Gasteiger partial charge < -0.3 is 15.3 Å². The van der Waals surface area contributed by atoms with Crippen LogP contribution in [0.2, 0.25) is 0 Å². The van der Waals surface area contributed by atoms with Crippen LogP contribution in [0, 0.1) is 11.7 Å². The molecule has 0 fully saturated rings. The quantitative estimate of drug-likeness (QED) is 0.841. The van der Waals surface area contributed by atoms with Crippen LogP contribution in [0.5, 0.6) is 0 Å². The number of hydrogen-bond donors (Lipinski definition) is 2.